The van der Waals surface area contributed by atoms with Crippen molar-refractivity contribution >= 4 is 35.8 Å². The van der Waals surface area contributed by atoms with Crippen molar-refractivity contribution in [3.63, 3.8) is 0 Å². The number of aliphatic imine (C=N–C) groups is 1. The van der Waals surface area contributed by atoms with Crippen LogP contribution in [0, 0.1) is 12.8 Å². The van der Waals surface area contributed by atoms with E-state index in [2.05, 4.69) is 25.8 Å². The van der Waals surface area contributed by atoms with Gasteiger partial charge in [0, 0.05) is 45.8 Å². The number of ether oxygens (including phenoxy) is 1. The molecule has 0 radical (unpaired) electrons. The van der Waals surface area contributed by atoms with Gasteiger partial charge in [-0.15, -0.1) is 34.2 Å². The second-order valence-electron chi connectivity index (χ2n) is 8.06. The van der Waals surface area contributed by atoms with E-state index in [0.29, 0.717) is 25.6 Å². The molecule has 170 valence electrons. The van der Waals surface area contributed by atoms with Gasteiger partial charge in [-0.05, 0) is 26.2 Å². The van der Waals surface area contributed by atoms with Gasteiger partial charge in [0.2, 0.25) is 5.91 Å². The Morgan fingerprint density at radius 3 is 2.67 bits per heavy atom. The number of methoxy groups -OCH3 is 1. The van der Waals surface area contributed by atoms with E-state index in [4.69, 9.17) is 4.74 Å². The first-order valence-electron chi connectivity index (χ1n) is 10.8. The monoisotopic (exact) mass is 533 g/mol. The fourth-order valence-corrected chi connectivity index (χ4v) is 4.04. The lowest BCUT2D eigenvalue weighted by molar-refractivity contribution is -0.135. The first-order chi connectivity index (χ1) is 14.1. The van der Waals surface area contributed by atoms with Crippen molar-refractivity contribution < 1.29 is 9.53 Å². The Morgan fingerprint density at radius 2 is 2.00 bits per heavy atom. The van der Waals surface area contributed by atoms with Gasteiger partial charge in [-0.25, -0.2) is 4.99 Å². The van der Waals surface area contributed by atoms with Gasteiger partial charge >= 0.3 is 0 Å². The lowest BCUT2D eigenvalue weighted by atomic mass is 9.88. The minimum Gasteiger partial charge on any atom is -0.383 e. The largest absolute Gasteiger partial charge is 0.383 e. The number of nitrogens with zero attached hydrogens (tertiary/aromatic N) is 5. The van der Waals surface area contributed by atoms with Crippen molar-refractivity contribution in [3.05, 3.63) is 11.6 Å². The third-order valence-electron chi connectivity index (χ3n) is 5.96. The fraction of sp³-hybridized carbons (Fsp3) is 0.800. The maximum atomic E-state index is 12.8. The summed E-state index contributed by atoms with van der Waals surface area (Å²) in [5, 5.41) is 15.1. The van der Waals surface area contributed by atoms with Gasteiger partial charge in [-0.3, -0.25) is 4.79 Å². The first kappa shape index (κ1) is 24.8. The summed E-state index contributed by atoms with van der Waals surface area (Å²) in [6.07, 6.45) is 6.69. The summed E-state index contributed by atoms with van der Waals surface area (Å²) in [5.41, 5.74) is 0. The van der Waals surface area contributed by atoms with Crippen LogP contribution in [0.5, 0.6) is 0 Å². The molecule has 1 amide bonds. The molecule has 1 aromatic rings. The molecule has 3 rings (SSSR count). The molecule has 0 aromatic carbocycles. The SMILES string of the molecule is COCCNC(=NCc1nnc(C)n1C)NC1CCN(C(=O)C2CCCCC2)C1.I. The summed E-state index contributed by atoms with van der Waals surface area (Å²) in [5.74, 6) is 2.98. The molecule has 1 aliphatic carbocycles. The molecular formula is C20H36IN7O2. The highest BCUT2D eigenvalue weighted by atomic mass is 127. The summed E-state index contributed by atoms with van der Waals surface area (Å²) < 4.78 is 7.08. The molecule has 1 aliphatic heterocycles. The number of aryl methyl sites for hydroxylation is 1. The number of rotatable bonds is 7. The Labute approximate surface area is 196 Å². The zero-order chi connectivity index (χ0) is 20.6. The van der Waals surface area contributed by atoms with E-state index in [1.54, 1.807) is 7.11 Å². The standard InChI is InChI=1S/C20H35N7O2.HI/c1-15-24-25-18(26(15)2)13-22-20(21-10-12-29-3)23-17-9-11-27(14-17)19(28)16-7-5-4-6-8-16;/h16-17H,4-14H2,1-3H3,(H2,21,22,23);1H. The molecule has 0 spiro atoms. The van der Waals surface area contributed by atoms with Gasteiger partial charge in [0.1, 0.15) is 12.4 Å². The lowest BCUT2D eigenvalue weighted by Gasteiger charge is -2.26. The Morgan fingerprint density at radius 1 is 1.23 bits per heavy atom. The molecule has 0 bridgehead atoms. The van der Waals surface area contributed by atoms with Gasteiger partial charge in [-0.2, -0.15) is 0 Å². The number of guanidine groups is 1. The van der Waals surface area contributed by atoms with Crippen LogP contribution in [0.15, 0.2) is 4.99 Å². The Bertz CT molecular complexity index is 703. The zero-order valence-electron chi connectivity index (χ0n) is 18.4. The third-order valence-corrected chi connectivity index (χ3v) is 5.96. The first-order valence-corrected chi connectivity index (χ1v) is 10.8. The zero-order valence-corrected chi connectivity index (χ0v) is 20.7. The van der Waals surface area contributed by atoms with Crippen LogP contribution in [0.2, 0.25) is 0 Å². The van der Waals surface area contributed by atoms with Crippen LogP contribution in [0.1, 0.15) is 50.2 Å². The highest BCUT2D eigenvalue weighted by Gasteiger charge is 2.31. The summed E-state index contributed by atoms with van der Waals surface area (Å²) in [7, 11) is 3.62. The Hall–Kier alpha value is -1.43. The molecule has 10 heteroatoms. The number of hydrogen-bond acceptors (Lipinski definition) is 5. The molecule has 9 nitrogen and oxygen atoms in total. The Balaban J connectivity index is 0.00000320. The normalized spacial score (nSPS) is 20.2. The van der Waals surface area contributed by atoms with Crippen LogP contribution in [0.4, 0.5) is 0 Å². The molecule has 2 fully saturated rings. The van der Waals surface area contributed by atoms with Gasteiger partial charge in [0.25, 0.3) is 0 Å². The van der Waals surface area contributed by atoms with Crippen molar-refractivity contribution in [1.29, 1.82) is 0 Å². The van der Waals surface area contributed by atoms with Crippen molar-refractivity contribution in [1.82, 2.24) is 30.3 Å². The topological polar surface area (TPSA) is 96.7 Å². The molecule has 1 saturated heterocycles. The second-order valence-corrected chi connectivity index (χ2v) is 8.06. The van der Waals surface area contributed by atoms with E-state index < -0.39 is 0 Å². The quantitative estimate of drug-likeness (QED) is 0.239. The van der Waals surface area contributed by atoms with Gasteiger partial charge in [0.05, 0.1) is 6.61 Å². The van der Waals surface area contributed by atoms with E-state index in [-0.39, 0.29) is 35.9 Å². The highest BCUT2D eigenvalue weighted by molar-refractivity contribution is 14.0. The summed E-state index contributed by atoms with van der Waals surface area (Å²) >= 11 is 0. The van der Waals surface area contributed by atoms with Crippen LogP contribution in [-0.4, -0.2) is 70.9 Å². The summed E-state index contributed by atoms with van der Waals surface area (Å²) in [4.78, 5) is 19.5. The summed E-state index contributed by atoms with van der Waals surface area (Å²) in [6, 6.07) is 0.206. The predicted octanol–water partition coefficient (Wildman–Crippen LogP) is 1.60. The number of carbonyl (C=O) groups excluding carboxylic acids is 1. The molecule has 1 atom stereocenters. The molecular weight excluding hydrogens is 497 g/mol. The minimum atomic E-state index is 0. The average Bonchev–Trinajstić information content (AvgIpc) is 3.33. The maximum Gasteiger partial charge on any atom is 0.225 e. The number of aromatic nitrogens is 3. The van der Waals surface area contributed by atoms with Crippen molar-refractivity contribution in [2.45, 2.75) is 58.0 Å². The average molecular weight is 533 g/mol. The molecule has 1 aromatic heterocycles. The molecule has 1 saturated carbocycles. The van der Waals surface area contributed by atoms with Crippen molar-refractivity contribution in [3.8, 4) is 0 Å². The molecule has 2 aliphatic rings. The smallest absolute Gasteiger partial charge is 0.225 e. The van der Waals surface area contributed by atoms with Crippen LogP contribution in [0.3, 0.4) is 0 Å². The lowest BCUT2D eigenvalue weighted by Crippen LogP contribution is -2.46. The van der Waals surface area contributed by atoms with Crippen LogP contribution < -0.4 is 10.6 Å². The molecule has 30 heavy (non-hydrogen) atoms. The number of carbonyl (C=O) groups is 1. The molecule has 2 heterocycles. The second kappa shape index (κ2) is 12.4. The van der Waals surface area contributed by atoms with Crippen LogP contribution in [-0.2, 0) is 23.1 Å². The molecule has 2 N–H and O–H groups in total. The van der Waals surface area contributed by atoms with Crippen LogP contribution >= 0.6 is 24.0 Å². The van der Waals surface area contributed by atoms with E-state index in [1.165, 1.54) is 19.3 Å². The van der Waals surface area contributed by atoms with E-state index in [1.807, 2.05) is 23.4 Å². The van der Waals surface area contributed by atoms with Gasteiger partial charge < -0.3 is 24.8 Å². The number of halogens is 1. The number of likely N-dealkylation sites (tertiary alicyclic amines) is 1. The van der Waals surface area contributed by atoms with Crippen molar-refractivity contribution in [2.24, 2.45) is 18.0 Å². The van der Waals surface area contributed by atoms with Crippen molar-refractivity contribution in [2.75, 3.05) is 33.4 Å². The summed E-state index contributed by atoms with van der Waals surface area (Å²) in [6.45, 7) is 5.19. The third kappa shape index (κ3) is 6.79. The van der Waals surface area contributed by atoms with E-state index >= 15 is 0 Å². The predicted molar refractivity (Wildman–Crippen MR) is 127 cm³/mol. The number of amides is 1. The number of nitrogens with one attached hydrogen (secondary N) is 2. The minimum absolute atomic E-state index is 0. The Kier molecular flexibility index (Phi) is 10.3. The molecule has 1 unspecified atom stereocenters. The van der Waals surface area contributed by atoms with E-state index in [9.17, 15) is 4.79 Å². The van der Waals surface area contributed by atoms with Crippen LogP contribution in [0.25, 0.3) is 0 Å². The van der Waals surface area contributed by atoms with E-state index in [0.717, 1.165) is 50.0 Å². The van der Waals surface area contributed by atoms with Gasteiger partial charge in [-0.1, -0.05) is 19.3 Å². The maximum absolute atomic E-state index is 12.8. The number of hydrogen-bond donors (Lipinski definition) is 2. The highest BCUT2D eigenvalue weighted by Crippen LogP contribution is 2.26. The van der Waals surface area contributed by atoms with Gasteiger partial charge in [0.15, 0.2) is 11.8 Å². The fourth-order valence-electron chi connectivity index (χ4n) is 4.04.